The topological polar surface area (TPSA) is 105 Å². The summed E-state index contributed by atoms with van der Waals surface area (Å²) in [5, 5.41) is 8.78. The van der Waals surface area contributed by atoms with Gasteiger partial charge in [0.05, 0.1) is 23.2 Å². The fourth-order valence-corrected chi connectivity index (χ4v) is 2.65. The van der Waals surface area contributed by atoms with Crippen molar-refractivity contribution in [1.29, 1.82) is 0 Å². The van der Waals surface area contributed by atoms with Crippen molar-refractivity contribution in [3.05, 3.63) is 42.2 Å². The molecule has 2 amide bonds. The number of benzene rings is 1. The van der Waals surface area contributed by atoms with Gasteiger partial charge in [-0.1, -0.05) is 0 Å². The zero-order valence-electron chi connectivity index (χ0n) is 14.2. The van der Waals surface area contributed by atoms with E-state index in [0.29, 0.717) is 6.42 Å². The van der Waals surface area contributed by atoms with Crippen LogP contribution in [0.1, 0.15) is 12.0 Å². The van der Waals surface area contributed by atoms with Crippen LogP contribution in [0.3, 0.4) is 0 Å². The summed E-state index contributed by atoms with van der Waals surface area (Å²) in [6, 6.07) is 3.80. The highest BCUT2D eigenvalue weighted by Crippen LogP contribution is 2.33. The average Bonchev–Trinajstić information content (AvgIpc) is 3.06. The molecule has 0 radical (unpaired) electrons. The highest BCUT2D eigenvalue weighted by molar-refractivity contribution is 7.88. The molecule has 2 rings (SSSR count). The molecule has 0 bridgehead atoms. The van der Waals surface area contributed by atoms with Gasteiger partial charge in [-0.05, 0) is 30.7 Å². The van der Waals surface area contributed by atoms with Crippen LogP contribution >= 0.6 is 0 Å². The van der Waals surface area contributed by atoms with Gasteiger partial charge in [-0.2, -0.15) is 18.3 Å². The summed E-state index contributed by atoms with van der Waals surface area (Å²) in [6.45, 7) is 0.256. The zero-order chi connectivity index (χ0) is 20.1. The summed E-state index contributed by atoms with van der Waals surface area (Å²) in [7, 11) is -3.32. The number of nitrogens with zero attached hydrogens (tertiary/aromatic N) is 2. The SMILES string of the molecule is CS(=O)(=O)NCCCNC(=O)Nc1cc(C(F)(F)F)ccc1-n1cccn1. The number of hydrogen-bond donors (Lipinski definition) is 3. The average molecular weight is 405 g/mol. The molecular weight excluding hydrogens is 387 g/mol. The number of alkyl halides is 3. The van der Waals surface area contributed by atoms with Crippen molar-refractivity contribution in [2.24, 2.45) is 0 Å². The Hall–Kier alpha value is -2.60. The molecule has 27 heavy (non-hydrogen) atoms. The Morgan fingerprint density at radius 2 is 2.00 bits per heavy atom. The van der Waals surface area contributed by atoms with Crippen LogP contribution in [-0.4, -0.2) is 43.6 Å². The van der Waals surface area contributed by atoms with Gasteiger partial charge in [0.1, 0.15) is 0 Å². The molecule has 0 spiro atoms. The fourth-order valence-electron chi connectivity index (χ4n) is 2.14. The lowest BCUT2D eigenvalue weighted by Gasteiger charge is -2.15. The van der Waals surface area contributed by atoms with Gasteiger partial charge in [0.15, 0.2) is 0 Å². The molecule has 0 aliphatic rings. The van der Waals surface area contributed by atoms with Crippen LogP contribution in [0.15, 0.2) is 36.7 Å². The van der Waals surface area contributed by atoms with Gasteiger partial charge >= 0.3 is 12.2 Å². The quantitative estimate of drug-likeness (QED) is 0.613. The summed E-state index contributed by atoms with van der Waals surface area (Å²) in [5.41, 5.74) is -0.715. The Morgan fingerprint density at radius 3 is 2.59 bits per heavy atom. The Morgan fingerprint density at radius 1 is 1.26 bits per heavy atom. The maximum absolute atomic E-state index is 13.0. The minimum Gasteiger partial charge on any atom is -0.338 e. The summed E-state index contributed by atoms with van der Waals surface area (Å²) in [4.78, 5) is 12.0. The molecule has 148 valence electrons. The summed E-state index contributed by atoms with van der Waals surface area (Å²) >= 11 is 0. The minimum absolute atomic E-state index is 0.0692. The van der Waals surface area contributed by atoms with Crippen molar-refractivity contribution in [2.75, 3.05) is 24.7 Å². The molecular formula is C15H18F3N5O3S. The Balaban J connectivity index is 2.05. The molecule has 0 fully saturated rings. The third-order valence-corrected chi connectivity index (χ3v) is 4.06. The van der Waals surface area contributed by atoms with Crippen molar-refractivity contribution in [3.8, 4) is 5.69 Å². The lowest BCUT2D eigenvalue weighted by molar-refractivity contribution is -0.137. The number of carbonyl (C=O) groups excluding carboxylic acids is 1. The highest BCUT2D eigenvalue weighted by atomic mass is 32.2. The van der Waals surface area contributed by atoms with E-state index in [1.54, 1.807) is 6.07 Å². The lowest BCUT2D eigenvalue weighted by atomic mass is 10.1. The van der Waals surface area contributed by atoms with Gasteiger partial charge in [-0.25, -0.2) is 22.6 Å². The Bertz CT molecular complexity index is 883. The molecule has 3 N–H and O–H groups in total. The van der Waals surface area contributed by atoms with Crippen LogP contribution in [0.5, 0.6) is 0 Å². The summed E-state index contributed by atoms with van der Waals surface area (Å²) in [5.74, 6) is 0. The molecule has 8 nitrogen and oxygen atoms in total. The normalized spacial score (nSPS) is 12.0. The van der Waals surface area contributed by atoms with Crippen molar-refractivity contribution in [2.45, 2.75) is 12.6 Å². The first-order valence-corrected chi connectivity index (χ1v) is 9.66. The number of aromatic nitrogens is 2. The number of halogens is 3. The second-order valence-electron chi connectivity index (χ2n) is 5.58. The number of carbonyl (C=O) groups is 1. The number of anilines is 1. The van der Waals surface area contributed by atoms with E-state index in [2.05, 4.69) is 20.5 Å². The monoisotopic (exact) mass is 405 g/mol. The Labute approximate surface area is 153 Å². The van der Waals surface area contributed by atoms with Crippen molar-refractivity contribution in [1.82, 2.24) is 19.8 Å². The van der Waals surface area contributed by atoms with Gasteiger partial charge in [0.2, 0.25) is 10.0 Å². The maximum atomic E-state index is 13.0. The maximum Gasteiger partial charge on any atom is 0.416 e. The van der Waals surface area contributed by atoms with Crippen LogP contribution in [-0.2, 0) is 16.2 Å². The first kappa shape index (κ1) is 20.7. The smallest absolute Gasteiger partial charge is 0.338 e. The second-order valence-corrected chi connectivity index (χ2v) is 7.41. The third kappa shape index (κ3) is 6.57. The second kappa shape index (κ2) is 8.39. The first-order chi connectivity index (χ1) is 12.6. The summed E-state index contributed by atoms with van der Waals surface area (Å²) in [6.07, 6.45) is -0.252. The van der Waals surface area contributed by atoms with E-state index in [4.69, 9.17) is 0 Å². The predicted octanol–water partition coefficient (Wildman–Crippen LogP) is 1.95. The molecule has 0 saturated carbocycles. The van der Waals surface area contributed by atoms with E-state index >= 15 is 0 Å². The van der Waals surface area contributed by atoms with Crippen molar-refractivity contribution < 1.29 is 26.4 Å². The van der Waals surface area contributed by atoms with Gasteiger partial charge in [-0.15, -0.1) is 0 Å². The van der Waals surface area contributed by atoms with Gasteiger partial charge < -0.3 is 10.6 Å². The van der Waals surface area contributed by atoms with Gasteiger partial charge in [-0.3, -0.25) is 0 Å². The van der Waals surface area contributed by atoms with E-state index in [0.717, 1.165) is 18.4 Å². The molecule has 0 saturated heterocycles. The van der Waals surface area contributed by atoms with Crippen molar-refractivity contribution in [3.63, 3.8) is 0 Å². The number of hydrogen-bond acceptors (Lipinski definition) is 4. The molecule has 0 aliphatic carbocycles. The largest absolute Gasteiger partial charge is 0.416 e. The lowest BCUT2D eigenvalue weighted by Crippen LogP contribution is -2.32. The first-order valence-electron chi connectivity index (χ1n) is 7.77. The van der Waals surface area contributed by atoms with Gasteiger partial charge in [0.25, 0.3) is 0 Å². The summed E-state index contributed by atoms with van der Waals surface area (Å²) < 4.78 is 64.3. The van der Waals surface area contributed by atoms with Crippen LogP contribution in [0, 0.1) is 0 Å². The van der Waals surface area contributed by atoms with E-state index in [-0.39, 0.29) is 24.5 Å². The van der Waals surface area contributed by atoms with Gasteiger partial charge in [0, 0.05) is 25.5 Å². The van der Waals surface area contributed by atoms with E-state index in [1.807, 2.05) is 0 Å². The standard InChI is InChI=1S/C15H18F3N5O3S/c1-27(25,26)21-8-2-6-19-14(24)22-12-10-11(15(16,17)18)4-5-13(12)23-9-3-7-20-23/h3-5,7,9-10,21H,2,6,8H2,1H3,(H2,19,22,24). The number of sulfonamides is 1. The molecule has 1 aromatic heterocycles. The number of rotatable bonds is 7. The van der Waals surface area contributed by atoms with Crippen LogP contribution < -0.4 is 15.4 Å². The molecule has 1 aromatic carbocycles. The third-order valence-electron chi connectivity index (χ3n) is 3.33. The van der Waals surface area contributed by atoms with Crippen LogP contribution in [0.25, 0.3) is 5.69 Å². The van der Waals surface area contributed by atoms with E-state index < -0.39 is 27.8 Å². The van der Waals surface area contributed by atoms with E-state index in [1.165, 1.54) is 23.1 Å². The molecule has 0 atom stereocenters. The predicted molar refractivity (Wildman–Crippen MR) is 93.1 cm³/mol. The fraction of sp³-hybridized carbons (Fsp3) is 0.333. The van der Waals surface area contributed by atoms with Crippen molar-refractivity contribution >= 4 is 21.7 Å². The van der Waals surface area contributed by atoms with Crippen LogP contribution in [0.4, 0.5) is 23.7 Å². The molecule has 0 unspecified atom stereocenters. The molecule has 0 aliphatic heterocycles. The number of nitrogens with one attached hydrogen (secondary N) is 3. The molecule has 2 aromatic rings. The Kier molecular flexibility index (Phi) is 6.44. The van der Waals surface area contributed by atoms with Crippen LogP contribution in [0.2, 0.25) is 0 Å². The van der Waals surface area contributed by atoms with E-state index in [9.17, 15) is 26.4 Å². The zero-order valence-corrected chi connectivity index (χ0v) is 15.1. The number of urea groups is 1. The molecule has 1 heterocycles. The highest BCUT2D eigenvalue weighted by Gasteiger charge is 2.31. The number of amides is 2. The minimum atomic E-state index is -4.56. The molecule has 12 heteroatoms.